The molecule has 0 aromatic carbocycles. The zero-order valence-electron chi connectivity index (χ0n) is 14.2. The Morgan fingerprint density at radius 3 is 2.50 bits per heavy atom. The molecule has 0 unspecified atom stereocenters. The smallest absolute Gasteiger partial charge is 0.223 e. The first kappa shape index (κ1) is 18.7. The van der Waals surface area contributed by atoms with E-state index < -0.39 is 0 Å². The number of aromatic hydroxyl groups is 1. The minimum atomic E-state index is -0.302. The van der Waals surface area contributed by atoms with E-state index in [4.69, 9.17) is 4.74 Å². The van der Waals surface area contributed by atoms with E-state index >= 15 is 0 Å². The second-order valence-electron chi connectivity index (χ2n) is 5.53. The molecule has 0 bridgehead atoms. The fourth-order valence-corrected chi connectivity index (χ4v) is 2.56. The van der Waals surface area contributed by atoms with Gasteiger partial charge in [0.05, 0.1) is 6.20 Å². The van der Waals surface area contributed by atoms with Crippen molar-refractivity contribution in [3.8, 4) is 5.75 Å². The molecule has 5 nitrogen and oxygen atoms in total. The highest BCUT2D eigenvalue weighted by Gasteiger charge is 2.10. The summed E-state index contributed by atoms with van der Waals surface area (Å²) in [6, 6.07) is 1.56. The summed E-state index contributed by atoms with van der Waals surface area (Å²) in [6.07, 6.45) is 4.60. The van der Waals surface area contributed by atoms with Crippen molar-refractivity contribution in [1.82, 2.24) is 9.47 Å². The van der Waals surface area contributed by atoms with Crippen molar-refractivity contribution in [2.75, 3.05) is 26.3 Å². The third kappa shape index (κ3) is 6.20. The Kier molecular flexibility index (Phi) is 8.85. The molecule has 1 aromatic heterocycles. The molecule has 0 saturated carbocycles. The fourth-order valence-electron chi connectivity index (χ4n) is 2.56. The first-order valence-electron chi connectivity index (χ1n) is 8.34. The Labute approximate surface area is 133 Å². The van der Waals surface area contributed by atoms with Gasteiger partial charge in [0.2, 0.25) is 5.43 Å². The minimum Gasteiger partial charge on any atom is -0.503 e. The van der Waals surface area contributed by atoms with Gasteiger partial charge in [-0.1, -0.05) is 13.8 Å². The lowest BCUT2D eigenvalue weighted by Crippen LogP contribution is -2.28. The van der Waals surface area contributed by atoms with E-state index in [1.54, 1.807) is 12.3 Å². The van der Waals surface area contributed by atoms with Crippen molar-refractivity contribution >= 4 is 0 Å². The maximum atomic E-state index is 11.8. The number of rotatable bonds is 11. The molecule has 22 heavy (non-hydrogen) atoms. The van der Waals surface area contributed by atoms with Crippen molar-refractivity contribution in [1.29, 1.82) is 0 Å². The Hall–Kier alpha value is -1.33. The van der Waals surface area contributed by atoms with Crippen LogP contribution in [0, 0.1) is 0 Å². The number of ether oxygens (including phenoxy) is 1. The van der Waals surface area contributed by atoms with Crippen LogP contribution in [0.5, 0.6) is 5.75 Å². The summed E-state index contributed by atoms with van der Waals surface area (Å²) in [6.45, 7) is 11.2. The second kappa shape index (κ2) is 10.4. The Bertz CT molecular complexity index is 479. The van der Waals surface area contributed by atoms with Gasteiger partial charge in [-0.05, 0) is 39.3 Å². The summed E-state index contributed by atoms with van der Waals surface area (Å²) in [5.74, 6) is -0.183. The van der Waals surface area contributed by atoms with Crippen LogP contribution in [0.4, 0.5) is 0 Å². The quantitative estimate of drug-likeness (QED) is 0.638. The lowest BCUT2D eigenvalue weighted by molar-refractivity contribution is 0.141. The van der Waals surface area contributed by atoms with E-state index in [-0.39, 0.29) is 11.2 Å². The van der Waals surface area contributed by atoms with Crippen LogP contribution in [0.2, 0.25) is 0 Å². The molecule has 0 radical (unpaired) electrons. The standard InChI is InChI=1S/C17H30N2O3/c1-4-8-18(9-5-2)13-15-12-16(20)17(21)14-19(15)10-7-11-22-6-3/h12,14,21H,4-11,13H2,1-3H3. The Morgan fingerprint density at radius 2 is 1.91 bits per heavy atom. The summed E-state index contributed by atoms with van der Waals surface area (Å²) < 4.78 is 7.34. The van der Waals surface area contributed by atoms with E-state index in [1.807, 2.05) is 11.5 Å². The van der Waals surface area contributed by atoms with E-state index in [1.165, 1.54) is 0 Å². The van der Waals surface area contributed by atoms with Gasteiger partial charge in [-0.3, -0.25) is 9.69 Å². The van der Waals surface area contributed by atoms with Crippen LogP contribution >= 0.6 is 0 Å². The molecule has 1 rings (SSSR count). The van der Waals surface area contributed by atoms with Crippen molar-refractivity contribution in [2.45, 2.75) is 53.1 Å². The number of hydrogen-bond acceptors (Lipinski definition) is 4. The number of aromatic nitrogens is 1. The topological polar surface area (TPSA) is 54.7 Å². The van der Waals surface area contributed by atoms with Gasteiger partial charge in [-0.25, -0.2) is 0 Å². The average Bonchev–Trinajstić information content (AvgIpc) is 2.48. The SMILES string of the molecule is CCCN(CCC)Cc1cc(=O)c(O)cn1CCCOCC. The van der Waals surface area contributed by atoms with Gasteiger partial charge < -0.3 is 14.4 Å². The lowest BCUT2D eigenvalue weighted by atomic mass is 10.2. The number of aryl methyl sites for hydroxylation is 1. The minimum absolute atomic E-state index is 0.183. The normalized spacial score (nSPS) is 11.3. The van der Waals surface area contributed by atoms with Gasteiger partial charge in [0.25, 0.3) is 0 Å². The molecule has 0 amide bonds. The van der Waals surface area contributed by atoms with Crippen LogP contribution in [-0.4, -0.2) is 40.9 Å². The summed E-state index contributed by atoms with van der Waals surface area (Å²) in [5.41, 5.74) is 0.658. The molecule has 0 atom stereocenters. The van der Waals surface area contributed by atoms with Crippen LogP contribution in [0.15, 0.2) is 17.1 Å². The third-order valence-electron chi connectivity index (χ3n) is 3.55. The van der Waals surface area contributed by atoms with Gasteiger partial charge >= 0.3 is 0 Å². The molecular formula is C17H30N2O3. The van der Waals surface area contributed by atoms with Gasteiger partial charge in [-0.2, -0.15) is 0 Å². The molecule has 0 spiro atoms. The fraction of sp³-hybridized carbons (Fsp3) is 0.706. The first-order valence-corrected chi connectivity index (χ1v) is 8.34. The molecule has 0 aliphatic rings. The van der Waals surface area contributed by atoms with E-state index in [2.05, 4.69) is 18.7 Å². The lowest BCUT2D eigenvalue weighted by Gasteiger charge is -2.23. The number of nitrogens with zero attached hydrogens (tertiary/aromatic N) is 2. The highest BCUT2D eigenvalue weighted by atomic mass is 16.5. The maximum Gasteiger partial charge on any atom is 0.223 e. The number of hydrogen-bond donors (Lipinski definition) is 1. The molecular weight excluding hydrogens is 280 g/mol. The van der Waals surface area contributed by atoms with E-state index in [9.17, 15) is 9.90 Å². The largest absolute Gasteiger partial charge is 0.503 e. The number of pyridine rings is 1. The van der Waals surface area contributed by atoms with Crippen LogP contribution in [0.25, 0.3) is 0 Å². The molecule has 126 valence electrons. The van der Waals surface area contributed by atoms with Crippen molar-refractivity contribution < 1.29 is 9.84 Å². The molecule has 5 heteroatoms. The molecule has 1 aromatic rings. The Morgan fingerprint density at radius 1 is 1.23 bits per heavy atom. The zero-order valence-corrected chi connectivity index (χ0v) is 14.2. The predicted molar refractivity (Wildman–Crippen MR) is 89.3 cm³/mol. The molecule has 0 aliphatic carbocycles. The highest BCUT2D eigenvalue weighted by Crippen LogP contribution is 2.10. The maximum absolute atomic E-state index is 11.8. The van der Waals surface area contributed by atoms with Crippen molar-refractivity contribution in [3.63, 3.8) is 0 Å². The molecule has 0 aliphatic heterocycles. The van der Waals surface area contributed by atoms with Crippen LogP contribution < -0.4 is 5.43 Å². The molecule has 1 N–H and O–H groups in total. The summed E-state index contributed by atoms with van der Waals surface area (Å²) in [5, 5.41) is 9.69. The van der Waals surface area contributed by atoms with Gasteiger partial charge in [0.1, 0.15) is 0 Å². The monoisotopic (exact) mass is 310 g/mol. The molecule has 0 saturated heterocycles. The zero-order chi connectivity index (χ0) is 16.4. The second-order valence-corrected chi connectivity index (χ2v) is 5.53. The molecule has 1 heterocycles. The van der Waals surface area contributed by atoms with Crippen LogP contribution in [-0.2, 0) is 17.8 Å². The average molecular weight is 310 g/mol. The predicted octanol–water partition coefficient (Wildman–Crippen LogP) is 2.60. The van der Waals surface area contributed by atoms with Crippen molar-refractivity contribution in [3.05, 3.63) is 28.2 Å². The van der Waals surface area contributed by atoms with Gasteiger partial charge in [0, 0.05) is 38.1 Å². The third-order valence-corrected chi connectivity index (χ3v) is 3.55. The van der Waals surface area contributed by atoms with Gasteiger partial charge in [0.15, 0.2) is 5.75 Å². The summed E-state index contributed by atoms with van der Waals surface area (Å²) in [7, 11) is 0. The highest BCUT2D eigenvalue weighted by molar-refractivity contribution is 5.20. The first-order chi connectivity index (χ1) is 10.6. The van der Waals surface area contributed by atoms with E-state index in [0.717, 1.165) is 51.1 Å². The van der Waals surface area contributed by atoms with Crippen LogP contribution in [0.1, 0.15) is 45.7 Å². The molecule has 0 fully saturated rings. The van der Waals surface area contributed by atoms with Crippen molar-refractivity contribution in [2.24, 2.45) is 0 Å². The summed E-state index contributed by atoms with van der Waals surface area (Å²) >= 11 is 0. The summed E-state index contributed by atoms with van der Waals surface area (Å²) in [4.78, 5) is 14.1. The van der Waals surface area contributed by atoms with Crippen LogP contribution in [0.3, 0.4) is 0 Å². The Balaban J connectivity index is 2.84. The van der Waals surface area contributed by atoms with Gasteiger partial charge in [-0.15, -0.1) is 0 Å². The van der Waals surface area contributed by atoms with E-state index in [0.29, 0.717) is 13.2 Å².